The first kappa shape index (κ1) is 14.6. The summed E-state index contributed by atoms with van der Waals surface area (Å²) in [6, 6.07) is 18.2. The fourth-order valence-electron chi connectivity index (χ4n) is 2.85. The van der Waals surface area contributed by atoms with Gasteiger partial charge in [0.25, 0.3) is 0 Å². The van der Waals surface area contributed by atoms with Crippen molar-refractivity contribution >= 4 is 11.0 Å². The second-order valence-corrected chi connectivity index (χ2v) is 5.50. The second kappa shape index (κ2) is 5.91. The van der Waals surface area contributed by atoms with Gasteiger partial charge in [-0.05, 0) is 41.5 Å². The zero-order valence-corrected chi connectivity index (χ0v) is 12.8. The van der Waals surface area contributed by atoms with Gasteiger partial charge < -0.3 is 10.2 Å². The summed E-state index contributed by atoms with van der Waals surface area (Å²) < 4.78 is 20.1. The predicted octanol–water partition coefficient (Wildman–Crippen LogP) is 4.56. The third-order valence-electron chi connectivity index (χ3n) is 3.98. The lowest BCUT2D eigenvalue weighted by Crippen LogP contribution is -1.92. The van der Waals surface area contributed by atoms with E-state index in [0.29, 0.717) is 29.0 Å². The van der Waals surface area contributed by atoms with Gasteiger partial charge >= 0.3 is 0 Å². The molecule has 0 bridgehead atoms. The fraction of sp³-hybridized carbons (Fsp3) is 0.0500. The van der Waals surface area contributed by atoms with Crippen LogP contribution in [0.15, 0.2) is 65.3 Å². The lowest BCUT2D eigenvalue weighted by molar-refractivity contribution is 0.552. The molecule has 0 spiro atoms. The van der Waals surface area contributed by atoms with Gasteiger partial charge in [-0.2, -0.15) is 0 Å². The van der Waals surface area contributed by atoms with Crippen LogP contribution in [0.5, 0.6) is 0 Å². The highest BCUT2D eigenvalue weighted by Gasteiger charge is 2.15. The molecule has 0 unspecified atom stereocenters. The quantitative estimate of drug-likeness (QED) is 0.602. The van der Waals surface area contributed by atoms with Gasteiger partial charge in [-0.3, -0.25) is 4.98 Å². The topological polar surface area (TPSA) is 52.0 Å². The maximum atomic E-state index is 14.3. The highest BCUT2D eigenvalue weighted by molar-refractivity contribution is 5.97. The van der Waals surface area contributed by atoms with Gasteiger partial charge in [0.15, 0.2) is 0 Å². The highest BCUT2D eigenvalue weighted by atomic mass is 19.1. The Morgan fingerprint density at radius 2 is 1.88 bits per heavy atom. The van der Waals surface area contributed by atoms with E-state index in [1.54, 1.807) is 12.3 Å². The molecule has 4 aromatic rings. The number of hydrogen-bond acceptors (Lipinski definition) is 3. The van der Waals surface area contributed by atoms with Gasteiger partial charge in [0.05, 0.1) is 12.7 Å². The molecule has 0 amide bonds. The van der Waals surface area contributed by atoms with Gasteiger partial charge in [-0.25, -0.2) is 4.39 Å². The summed E-state index contributed by atoms with van der Waals surface area (Å²) in [5.74, 6) is 0.280. The van der Waals surface area contributed by atoms with Crippen LogP contribution < -0.4 is 5.73 Å². The Bertz CT molecular complexity index is 1010. The molecule has 24 heavy (non-hydrogen) atoms. The van der Waals surface area contributed by atoms with Gasteiger partial charge in [0.1, 0.15) is 17.2 Å². The van der Waals surface area contributed by atoms with Crippen molar-refractivity contribution in [2.45, 2.75) is 6.54 Å². The van der Waals surface area contributed by atoms with E-state index in [4.69, 9.17) is 10.2 Å². The molecule has 2 aromatic carbocycles. The number of furan rings is 1. The smallest absolute Gasteiger partial charge is 0.149 e. The van der Waals surface area contributed by atoms with E-state index in [0.717, 1.165) is 16.5 Å². The molecule has 0 saturated carbocycles. The molecule has 2 aromatic heterocycles. The Kier molecular flexibility index (Phi) is 3.59. The number of halogens is 1. The first-order valence-corrected chi connectivity index (χ1v) is 7.59. The van der Waals surface area contributed by atoms with Crippen LogP contribution in [-0.2, 0) is 6.54 Å². The zero-order valence-electron chi connectivity index (χ0n) is 12.8. The molecule has 0 atom stereocenters. The average Bonchev–Trinajstić information content (AvgIpc) is 3.05. The Hall–Kier alpha value is -2.98. The van der Waals surface area contributed by atoms with Crippen molar-refractivity contribution < 1.29 is 8.81 Å². The van der Waals surface area contributed by atoms with Gasteiger partial charge in [-0.15, -0.1) is 0 Å². The van der Waals surface area contributed by atoms with E-state index in [2.05, 4.69) is 11.1 Å². The third kappa shape index (κ3) is 2.47. The van der Waals surface area contributed by atoms with Gasteiger partial charge in [0.2, 0.25) is 0 Å². The molecular formula is C20H14FN2O. The van der Waals surface area contributed by atoms with E-state index < -0.39 is 0 Å². The normalized spacial score (nSPS) is 11.1. The molecule has 0 fully saturated rings. The molecule has 1 radical (unpaired) electrons. The summed E-state index contributed by atoms with van der Waals surface area (Å²) in [5, 5.41) is 0.895. The number of aromatic nitrogens is 1. The SMILES string of the molecule is NCc1cc2cc(-c3cc[c]cc3)cc(-c3ccncc3F)c2o1. The van der Waals surface area contributed by atoms with E-state index in [1.165, 1.54) is 6.20 Å². The first-order valence-electron chi connectivity index (χ1n) is 7.59. The number of benzene rings is 2. The van der Waals surface area contributed by atoms with Crippen molar-refractivity contribution in [1.82, 2.24) is 4.98 Å². The number of pyridine rings is 1. The predicted molar refractivity (Wildman–Crippen MR) is 91.6 cm³/mol. The number of hydrogen-bond donors (Lipinski definition) is 1. The van der Waals surface area contributed by atoms with Crippen LogP contribution in [0.4, 0.5) is 4.39 Å². The van der Waals surface area contributed by atoms with Crippen LogP contribution in [0.2, 0.25) is 0 Å². The number of fused-ring (bicyclic) bond motifs is 1. The van der Waals surface area contributed by atoms with Crippen LogP contribution in [0.3, 0.4) is 0 Å². The van der Waals surface area contributed by atoms with Crippen LogP contribution in [-0.4, -0.2) is 4.98 Å². The zero-order chi connectivity index (χ0) is 16.5. The first-order chi connectivity index (χ1) is 11.8. The molecule has 4 heteroatoms. The molecule has 0 aliphatic rings. The molecule has 0 aliphatic carbocycles. The molecule has 2 N–H and O–H groups in total. The monoisotopic (exact) mass is 317 g/mol. The highest BCUT2D eigenvalue weighted by Crippen LogP contribution is 2.36. The van der Waals surface area contributed by atoms with Crippen molar-refractivity contribution in [2.75, 3.05) is 0 Å². The van der Waals surface area contributed by atoms with Crippen LogP contribution in [0, 0.1) is 11.9 Å². The summed E-state index contributed by atoms with van der Waals surface area (Å²) in [6.45, 7) is 0.294. The maximum absolute atomic E-state index is 14.3. The Morgan fingerprint density at radius 3 is 2.62 bits per heavy atom. The van der Waals surface area contributed by atoms with Crippen LogP contribution in [0.25, 0.3) is 33.2 Å². The molecule has 3 nitrogen and oxygen atoms in total. The average molecular weight is 317 g/mol. The van der Waals surface area contributed by atoms with E-state index >= 15 is 0 Å². The van der Waals surface area contributed by atoms with Crippen molar-refractivity contribution in [3.8, 4) is 22.3 Å². The summed E-state index contributed by atoms with van der Waals surface area (Å²) in [4.78, 5) is 3.82. The van der Waals surface area contributed by atoms with E-state index in [9.17, 15) is 4.39 Å². The van der Waals surface area contributed by atoms with Crippen LogP contribution in [0.1, 0.15) is 5.76 Å². The standard InChI is InChI=1S/C20H14FN2O/c21-19-12-23-7-6-17(19)18-10-14(13-4-2-1-3-5-13)8-15-9-16(11-22)24-20(15)18/h2-10,12H,11,22H2. The molecule has 0 aliphatic heterocycles. The minimum absolute atomic E-state index is 0.294. The van der Waals surface area contributed by atoms with Gasteiger partial charge in [0, 0.05) is 22.7 Å². The molecule has 2 heterocycles. The lowest BCUT2D eigenvalue weighted by atomic mass is 9.97. The molecule has 4 rings (SSSR count). The van der Waals surface area contributed by atoms with Crippen molar-refractivity contribution in [3.63, 3.8) is 0 Å². The van der Waals surface area contributed by atoms with Crippen molar-refractivity contribution in [2.24, 2.45) is 5.73 Å². The summed E-state index contributed by atoms with van der Waals surface area (Å²) >= 11 is 0. The van der Waals surface area contributed by atoms with Gasteiger partial charge in [-0.1, -0.05) is 24.3 Å². The van der Waals surface area contributed by atoms with E-state index in [1.807, 2.05) is 42.5 Å². The minimum atomic E-state index is -0.386. The fourth-order valence-corrected chi connectivity index (χ4v) is 2.85. The van der Waals surface area contributed by atoms with Crippen molar-refractivity contribution in [3.05, 3.63) is 78.6 Å². The molecule has 117 valence electrons. The minimum Gasteiger partial charge on any atom is -0.459 e. The van der Waals surface area contributed by atoms with Crippen LogP contribution >= 0.6 is 0 Å². The summed E-state index contributed by atoms with van der Waals surface area (Å²) in [7, 11) is 0. The Morgan fingerprint density at radius 1 is 1.04 bits per heavy atom. The third-order valence-corrected chi connectivity index (χ3v) is 3.98. The number of nitrogens with zero attached hydrogens (tertiary/aromatic N) is 1. The lowest BCUT2D eigenvalue weighted by Gasteiger charge is -2.08. The van der Waals surface area contributed by atoms with Crippen molar-refractivity contribution in [1.29, 1.82) is 0 Å². The number of nitrogens with two attached hydrogens (primary N) is 1. The summed E-state index contributed by atoms with van der Waals surface area (Å²) in [6.07, 6.45) is 2.78. The maximum Gasteiger partial charge on any atom is 0.149 e. The summed E-state index contributed by atoms with van der Waals surface area (Å²) in [5.41, 5.74) is 9.48. The number of rotatable bonds is 3. The molecular weight excluding hydrogens is 303 g/mol. The second-order valence-electron chi connectivity index (χ2n) is 5.50. The largest absolute Gasteiger partial charge is 0.459 e. The van der Waals surface area contributed by atoms with E-state index in [-0.39, 0.29) is 5.82 Å². The Balaban J connectivity index is 2.03. The Labute approximate surface area is 138 Å². The molecule has 0 saturated heterocycles.